The van der Waals surface area contributed by atoms with Crippen LogP contribution in [0.5, 0.6) is 11.5 Å². The molecule has 3 aliphatic heterocycles. The highest BCUT2D eigenvalue weighted by Gasteiger charge is 2.39. The molecular formula is C27H30N2O5. The van der Waals surface area contributed by atoms with Gasteiger partial charge in [0.2, 0.25) is 18.6 Å². The molecule has 7 heteroatoms. The van der Waals surface area contributed by atoms with Crippen LogP contribution in [0.4, 0.5) is 0 Å². The van der Waals surface area contributed by atoms with Crippen molar-refractivity contribution in [3.8, 4) is 11.5 Å². The number of hydrogen-bond acceptors (Lipinski definition) is 5. The number of ketones is 1. The summed E-state index contributed by atoms with van der Waals surface area (Å²) >= 11 is 0. The van der Waals surface area contributed by atoms with Crippen LogP contribution in [-0.2, 0) is 16.0 Å². The van der Waals surface area contributed by atoms with Gasteiger partial charge in [-0.25, -0.2) is 0 Å². The van der Waals surface area contributed by atoms with Crippen molar-refractivity contribution in [2.75, 3.05) is 19.9 Å². The number of Topliss-reactive ketones (excluding diaryl/α,β-unsaturated/α-hetero) is 1. The fraction of sp³-hybridized carbons (Fsp3) is 0.444. The lowest BCUT2D eigenvalue weighted by atomic mass is 9.84. The fourth-order valence-electron chi connectivity index (χ4n) is 5.38. The van der Waals surface area contributed by atoms with Crippen molar-refractivity contribution in [3.05, 3.63) is 59.7 Å². The van der Waals surface area contributed by atoms with Crippen molar-refractivity contribution in [1.29, 1.82) is 0 Å². The van der Waals surface area contributed by atoms with Crippen molar-refractivity contribution in [1.82, 2.24) is 10.2 Å². The topological polar surface area (TPSA) is 84.9 Å². The Morgan fingerprint density at radius 1 is 1.09 bits per heavy atom. The zero-order chi connectivity index (χ0) is 23.5. The summed E-state index contributed by atoms with van der Waals surface area (Å²) in [5.74, 6) is 1.48. The molecule has 178 valence electrons. The van der Waals surface area contributed by atoms with Crippen LogP contribution >= 0.6 is 0 Å². The third kappa shape index (κ3) is 4.79. The van der Waals surface area contributed by atoms with Gasteiger partial charge < -0.3 is 19.7 Å². The van der Waals surface area contributed by atoms with Crippen LogP contribution in [0.3, 0.4) is 0 Å². The van der Waals surface area contributed by atoms with Crippen LogP contribution in [0.1, 0.15) is 54.4 Å². The standard InChI is InChI=1S/C27H30N2O5/c30-24-10-12-27(28-24,16-19-8-9-22-23(15-19)34-18-33-22)13-11-25(31)29-14-4-7-21(17-29)26(32)20-5-2-1-3-6-20/h1-3,5-6,8-9,15,21H,4,7,10-14,16-18H2,(H,28,30)/t21-,27+/m1/s1. The smallest absolute Gasteiger partial charge is 0.231 e. The number of hydrogen-bond donors (Lipinski definition) is 1. The highest BCUT2D eigenvalue weighted by molar-refractivity contribution is 5.98. The van der Waals surface area contributed by atoms with Gasteiger partial charge in [0.15, 0.2) is 17.3 Å². The number of nitrogens with one attached hydrogen (secondary N) is 1. The molecule has 5 rings (SSSR count). The number of rotatable bonds is 7. The van der Waals surface area contributed by atoms with E-state index in [1.807, 2.05) is 53.4 Å². The molecule has 0 spiro atoms. The molecule has 34 heavy (non-hydrogen) atoms. The third-order valence-corrected chi connectivity index (χ3v) is 7.24. The molecule has 2 atom stereocenters. The summed E-state index contributed by atoms with van der Waals surface area (Å²) in [6.07, 6.45) is 4.35. The van der Waals surface area contributed by atoms with Crippen molar-refractivity contribution in [3.63, 3.8) is 0 Å². The first-order valence-corrected chi connectivity index (χ1v) is 12.1. The monoisotopic (exact) mass is 462 g/mol. The minimum absolute atomic E-state index is 0.0275. The van der Waals surface area contributed by atoms with E-state index in [4.69, 9.17) is 9.47 Å². The molecule has 2 aromatic rings. The van der Waals surface area contributed by atoms with Crippen LogP contribution in [0.15, 0.2) is 48.5 Å². The van der Waals surface area contributed by atoms with Crippen LogP contribution in [0.25, 0.3) is 0 Å². The fourth-order valence-corrected chi connectivity index (χ4v) is 5.38. The van der Waals surface area contributed by atoms with Crippen molar-refractivity contribution in [2.24, 2.45) is 5.92 Å². The first-order chi connectivity index (χ1) is 16.5. The first-order valence-electron chi connectivity index (χ1n) is 12.1. The summed E-state index contributed by atoms with van der Waals surface area (Å²) in [4.78, 5) is 40.0. The minimum atomic E-state index is -0.449. The molecule has 1 N–H and O–H groups in total. The molecule has 2 aromatic carbocycles. The van der Waals surface area contributed by atoms with Crippen molar-refractivity contribution in [2.45, 2.75) is 50.5 Å². The number of carbonyl (C=O) groups excluding carboxylic acids is 3. The van der Waals surface area contributed by atoms with E-state index in [2.05, 4.69) is 5.32 Å². The first kappa shape index (κ1) is 22.4. The maximum atomic E-state index is 13.2. The van der Waals surface area contributed by atoms with Gasteiger partial charge in [-0.1, -0.05) is 36.4 Å². The zero-order valence-corrected chi connectivity index (χ0v) is 19.3. The van der Waals surface area contributed by atoms with Gasteiger partial charge in [-0.2, -0.15) is 0 Å². The molecular weight excluding hydrogens is 432 g/mol. The number of carbonyl (C=O) groups is 3. The predicted molar refractivity (Wildman–Crippen MR) is 126 cm³/mol. The maximum Gasteiger partial charge on any atom is 0.231 e. The van der Waals surface area contributed by atoms with E-state index in [9.17, 15) is 14.4 Å². The van der Waals surface area contributed by atoms with E-state index in [1.54, 1.807) is 0 Å². The molecule has 0 saturated carbocycles. The summed E-state index contributed by atoms with van der Waals surface area (Å²) in [6.45, 7) is 1.37. The number of ether oxygens (including phenoxy) is 2. The van der Waals surface area contributed by atoms with E-state index >= 15 is 0 Å². The van der Waals surface area contributed by atoms with Gasteiger partial charge in [-0.15, -0.1) is 0 Å². The van der Waals surface area contributed by atoms with Crippen molar-refractivity contribution < 1.29 is 23.9 Å². The average Bonchev–Trinajstić information content (AvgIpc) is 3.49. The Balaban J connectivity index is 1.22. The van der Waals surface area contributed by atoms with E-state index in [0.717, 1.165) is 29.9 Å². The van der Waals surface area contributed by atoms with Crippen LogP contribution < -0.4 is 14.8 Å². The number of likely N-dealkylation sites (tertiary alicyclic amines) is 1. The number of nitrogens with zero attached hydrogens (tertiary/aromatic N) is 1. The molecule has 2 amide bonds. The van der Waals surface area contributed by atoms with Gasteiger partial charge in [-0.05, 0) is 49.8 Å². The van der Waals surface area contributed by atoms with E-state index in [-0.39, 0.29) is 30.3 Å². The summed E-state index contributed by atoms with van der Waals surface area (Å²) in [7, 11) is 0. The van der Waals surface area contributed by atoms with Gasteiger partial charge in [0.05, 0.1) is 0 Å². The molecule has 0 radical (unpaired) electrons. The summed E-state index contributed by atoms with van der Waals surface area (Å²) in [6, 6.07) is 15.2. The van der Waals surface area contributed by atoms with E-state index < -0.39 is 5.54 Å². The second-order valence-electron chi connectivity index (χ2n) is 9.60. The Bertz CT molecular complexity index is 1090. The summed E-state index contributed by atoms with van der Waals surface area (Å²) < 4.78 is 10.9. The molecule has 0 aliphatic carbocycles. The Hall–Kier alpha value is -3.35. The summed E-state index contributed by atoms with van der Waals surface area (Å²) in [5.41, 5.74) is 1.30. The predicted octanol–water partition coefficient (Wildman–Crippen LogP) is 3.51. The highest BCUT2D eigenvalue weighted by atomic mass is 16.7. The van der Waals surface area contributed by atoms with Gasteiger partial charge >= 0.3 is 0 Å². The van der Waals surface area contributed by atoms with Crippen LogP contribution in [-0.4, -0.2) is 47.9 Å². The quantitative estimate of drug-likeness (QED) is 0.637. The SMILES string of the molecule is O=C1CC[C@](CCC(=O)N2CCC[C@@H](C(=O)c3ccccc3)C2)(Cc2ccc3c(c2)OCO3)N1. The zero-order valence-electron chi connectivity index (χ0n) is 19.3. The minimum Gasteiger partial charge on any atom is -0.454 e. The maximum absolute atomic E-state index is 13.2. The number of piperidine rings is 1. The molecule has 3 aliphatic rings. The normalized spacial score (nSPS) is 23.6. The lowest BCUT2D eigenvalue weighted by Crippen LogP contribution is -2.46. The van der Waals surface area contributed by atoms with Gasteiger partial charge in [0.25, 0.3) is 0 Å². The molecule has 0 bridgehead atoms. The number of fused-ring (bicyclic) bond motifs is 1. The molecule has 0 unspecified atom stereocenters. The second-order valence-corrected chi connectivity index (χ2v) is 9.60. The molecule has 7 nitrogen and oxygen atoms in total. The number of amides is 2. The Kier molecular flexibility index (Phi) is 6.26. The van der Waals surface area contributed by atoms with Gasteiger partial charge in [0.1, 0.15) is 0 Å². The number of benzene rings is 2. The van der Waals surface area contributed by atoms with Crippen LogP contribution in [0, 0.1) is 5.92 Å². The highest BCUT2D eigenvalue weighted by Crippen LogP contribution is 2.36. The van der Waals surface area contributed by atoms with Gasteiger partial charge in [-0.3, -0.25) is 14.4 Å². The average molecular weight is 463 g/mol. The molecule has 2 fully saturated rings. The van der Waals surface area contributed by atoms with Gasteiger partial charge in [0, 0.05) is 43.0 Å². The third-order valence-electron chi connectivity index (χ3n) is 7.24. The second kappa shape index (κ2) is 9.49. The lowest BCUT2D eigenvalue weighted by molar-refractivity contribution is -0.133. The van der Waals surface area contributed by atoms with E-state index in [0.29, 0.717) is 50.8 Å². The summed E-state index contributed by atoms with van der Waals surface area (Å²) in [5, 5.41) is 3.15. The Labute approximate surface area is 199 Å². The van der Waals surface area contributed by atoms with Crippen LogP contribution in [0.2, 0.25) is 0 Å². The molecule has 2 saturated heterocycles. The Morgan fingerprint density at radius 2 is 1.91 bits per heavy atom. The van der Waals surface area contributed by atoms with Crippen molar-refractivity contribution >= 4 is 17.6 Å². The van der Waals surface area contributed by atoms with E-state index in [1.165, 1.54) is 0 Å². The molecule has 3 heterocycles. The largest absolute Gasteiger partial charge is 0.454 e. The lowest BCUT2D eigenvalue weighted by Gasteiger charge is -2.34. The Morgan fingerprint density at radius 3 is 2.71 bits per heavy atom. The molecule has 0 aromatic heterocycles.